The number of hydrazine groups is 1. The van der Waals surface area contributed by atoms with Crippen molar-refractivity contribution < 1.29 is 14.3 Å². The highest BCUT2D eigenvalue weighted by Gasteiger charge is 2.36. The Hall–Kier alpha value is -2.66. The van der Waals surface area contributed by atoms with Gasteiger partial charge in [0.05, 0.1) is 11.8 Å². The minimum Gasteiger partial charge on any atom is -0.460 e. The highest BCUT2D eigenvalue weighted by molar-refractivity contribution is 5.85. The smallest absolute Gasteiger partial charge is 0.310 e. The Balaban J connectivity index is 2.31. The van der Waals surface area contributed by atoms with Crippen LogP contribution >= 0.6 is 0 Å². The van der Waals surface area contributed by atoms with E-state index in [9.17, 15) is 9.59 Å². The predicted octanol–water partition coefficient (Wildman–Crippen LogP) is 4.51. The molecule has 0 bridgehead atoms. The first-order valence-electron chi connectivity index (χ1n) is 10.5. The molecular formula is C25H34N2O3. The topological polar surface area (TPSA) is 81.4 Å². The summed E-state index contributed by atoms with van der Waals surface area (Å²) < 4.78 is 5.66. The minimum atomic E-state index is -0.631. The maximum Gasteiger partial charge on any atom is 0.310 e. The van der Waals surface area contributed by atoms with E-state index < -0.39 is 17.4 Å². The quantitative estimate of drug-likeness (QED) is 0.290. The van der Waals surface area contributed by atoms with E-state index in [2.05, 4.69) is 17.6 Å². The lowest BCUT2D eigenvalue weighted by atomic mass is 9.81. The van der Waals surface area contributed by atoms with Gasteiger partial charge in [0.15, 0.2) is 0 Å². The van der Waals surface area contributed by atoms with Gasteiger partial charge in [-0.2, -0.15) is 0 Å². The lowest BCUT2D eigenvalue weighted by Crippen LogP contribution is -2.44. The Morgan fingerprint density at radius 2 is 1.50 bits per heavy atom. The molecule has 2 rings (SSSR count). The molecular weight excluding hydrogens is 376 g/mol. The molecule has 30 heavy (non-hydrogen) atoms. The highest BCUT2D eigenvalue weighted by atomic mass is 16.6. The zero-order valence-corrected chi connectivity index (χ0v) is 18.6. The first-order chi connectivity index (χ1) is 14.1. The molecule has 3 N–H and O–H groups in total. The van der Waals surface area contributed by atoms with E-state index >= 15 is 0 Å². The van der Waals surface area contributed by atoms with Crippen molar-refractivity contribution in [2.24, 2.45) is 23.6 Å². The Morgan fingerprint density at radius 1 is 0.933 bits per heavy atom. The number of ether oxygens (including phenoxy) is 1. The molecule has 0 heterocycles. The summed E-state index contributed by atoms with van der Waals surface area (Å²) in [4.78, 5) is 25.6. The SMILES string of the molecule is CC(C)CC(C(=O)NN)[C@@H](Cc1ccc(-c2ccccc2)cc1)C(=O)OC(C)(C)C. The number of nitrogens with one attached hydrogen (secondary N) is 1. The zero-order valence-electron chi connectivity index (χ0n) is 18.6. The summed E-state index contributed by atoms with van der Waals surface area (Å²) in [5.41, 5.74) is 4.82. The number of hydrogen-bond acceptors (Lipinski definition) is 4. The third-order valence-corrected chi connectivity index (χ3v) is 4.92. The van der Waals surface area contributed by atoms with E-state index in [4.69, 9.17) is 10.6 Å². The summed E-state index contributed by atoms with van der Waals surface area (Å²) >= 11 is 0. The summed E-state index contributed by atoms with van der Waals surface area (Å²) in [7, 11) is 0. The van der Waals surface area contributed by atoms with Crippen LogP contribution in [0.15, 0.2) is 54.6 Å². The average molecular weight is 411 g/mol. The third kappa shape index (κ3) is 6.99. The van der Waals surface area contributed by atoms with E-state index in [1.54, 1.807) is 0 Å². The molecule has 0 spiro atoms. The van der Waals surface area contributed by atoms with Crippen molar-refractivity contribution in [1.29, 1.82) is 0 Å². The molecule has 0 radical (unpaired) electrons. The van der Waals surface area contributed by atoms with Crippen molar-refractivity contribution in [3.8, 4) is 11.1 Å². The maximum atomic E-state index is 13.1. The molecule has 0 saturated heterocycles. The van der Waals surface area contributed by atoms with Crippen molar-refractivity contribution in [3.63, 3.8) is 0 Å². The normalized spacial score (nSPS) is 13.6. The van der Waals surface area contributed by atoms with E-state index in [-0.39, 0.29) is 17.8 Å². The molecule has 1 amide bonds. The van der Waals surface area contributed by atoms with Crippen LogP contribution < -0.4 is 11.3 Å². The first-order valence-corrected chi connectivity index (χ1v) is 10.5. The second-order valence-corrected chi connectivity index (χ2v) is 9.15. The van der Waals surface area contributed by atoms with Gasteiger partial charge in [0.25, 0.3) is 0 Å². The largest absolute Gasteiger partial charge is 0.460 e. The Kier molecular flexibility index (Phi) is 8.18. The molecule has 5 heteroatoms. The van der Waals surface area contributed by atoms with Crippen LogP contribution in [0.5, 0.6) is 0 Å². The number of rotatable bonds is 8. The fourth-order valence-corrected chi connectivity index (χ4v) is 3.55. The van der Waals surface area contributed by atoms with Gasteiger partial charge in [-0.25, -0.2) is 5.84 Å². The standard InChI is InChI=1S/C25H34N2O3/c1-17(2)15-21(23(28)27-26)22(24(29)30-25(3,4)5)16-18-11-13-20(14-12-18)19-9-7-6-8-10-19/h6-14,17,21-22H,15-16,26H2,1-5H3,(H,27,28)/t21?,22-/m1/s1. The van der Waals surface area contributed by atoms with Gasteiger partial charge in [0, 0.05) is 0 Å². The molecule has 2 aromatic rings. The van der Waals surface area contributed by atoms with E-state index in [0.717, 1.165) is 16.7 Å². The molecule has 5 nitrogen and oxygen atoms in total. The number of esters is 1. The van der Waals surface area contributed by atoms with Crippen molar-refractivity contribution in [2.45, 2.75) is 53.1 Å². The fourth-order valence-electron chi connectivity index (χ4n) is 3.55. The summed E-state index contributed by atoms with van der Waals surface area (Å²) in [6.45, 7) is 9.54. The summed E-state index contributed by atoms with van der Waals surface area (Å²) in [6.07, 6.45) is 0.962. The second-order valence-electron chi connectivity index (χ2n) is 9.15. The van der Waals surface area contributed by atoms with Gasteiger partial charge < -0.3 is 4.74 Å². The van der Waals surface area contributed by atoms with Crippen LogP contribution in [-0.2, 0) is 20.7 Å². The van der Waals surface area contributed by atoms with Gasteiger partial charge in [-0.05, 0) is 56.2 Å². The summed E-state index contributed by atoms with van der Waals surface area (Å²) in [5, 5.41) is 0. The number of carbonyl (C=O) groups excluding carboxylic acids is 2. The number of benzene rings is 2. The molecule has 0 aliphatic rings. The van der Waals surface area contributed by atoms with Gasteiger partial charge in [0.1, 0.15) is 5.60 Å². The van der Waals surface area contributed by atoms with Crippen LogP contribution in [0.4, 0.5) is 0 Å². The summed E-state index contributed by atoms with van der Waals surface area (Å²) in [6, 6.07) is 18.2. The number of hydrogen-bond donors (Lipinski definition) is 2. The van der Waals surface area contributed by atoms with Crippen molar-refractivity contribution in [1.82, 2.24) is 5.43 Å². The minimum absolute atomic E-state index is 0.234. The fraction of sp³-hybridized carbons (Fsp3) is 0.440. The summed E-state index contributed by atoms with van der Waals surface area (Å²) in [5.74, 6) is 3.80. The number of carbonyl (C=O) groups is 2. The van der Waals surface area contributed by atoms with Crippen LogP contribution in [0.25, 0.3) is 11.1 Å². The van der Waals surface area contributed by atoms with Gasteiger partial charge in [0.2, 0.25) is 5.91 Å². The van der Waals surface area contributed by atoms with Crippen LogP contribution in [0.3, 0.4) is 0 Å². The molecule has 0 fully saturated rings. The molecule has 2 atom stereocenters. The predicted molar refractivity (Wildman–Crippen MR) is 120 cm³/mol. The van der Waals surface area contributed by atoms with E-state index in [0.29, 0.717) is 12.8 Å². The third-order valence-electron chi connectivity index (χ3n) is 4.92. The molecule has 2 aromatic carbocycles. The van der Waals surface area contributed by atoms with Crippen LogP contribution in [0, 0.1) is 17.8 Å². The first kappa shape index (κ1) is 23.6. The Labute approximate surface area is 180 Å². The van der Waals surface area contributed by atoms with Crippen molar-refractivity contribution >= 4 is 11.9 Å². The zero-order chi connectivity index (χ0) is 22.3. The average Bonchev–Trinajstić information content (AvgIpc) is 2.69. The van der Waals surface area contributed by atoms with Crippen LogP contribution in [0.1, 0.15) is 46.6 Å². The van der Waals surface area contributed by atoms with Crippen LogP contribution in [-0.4, -0.2) is 17.5 Å². The molecule has 0 saturated carbocycles. The number of amides is 1. The van der Waals surface area contributed by atoms with Gasteiger partial charge in [-0.1, -0.05) is 68.4 Å². The molecule has 0 aliphatic carbocycles. The maximum absolute atomic E-state index is 13.1. The Bertz CT molecular complexity index is 824. The Morgan fingerprint density at radius 3 is 2.00 bits per heavy atom. The lowest BCUT2D eigenvalue weighted by molar-refractivity contribution is -0.164. The van der Waals surface area contributed by atoms with Crippen LogP contribution in [0.2, 0.25) is 0 Å². The van der Waals surface area contributed by atoms with Gasteiger partial charge in [-0.3, -0.25) is 15.0 Å². The lowest BCUT2D eigenvalue weighted by Gasteiger charge is -2.29. The second kappa shape index (κ2) is 10.4. The van der Waals surface area contributed by atoms with Gasteiger partial charge >= 0.3 is 5.97 Å². The number of nitrogens with two attached hydrogens (primary N) is 1. The molecule has 1 unspecified atom stereocenters. The molecule has 0 aliphatic heterocycles. The molecule has 0 aromatic heterocycles. The van der Waals surface area contributed by atoms with Crippen molar-refractivity contribution in [2.75, 3.05) is 0 Å². The van der Waals surface area contributed by atoms with Gasteiger partial charge in [-0.15, -0.1) is 0 Å². The van der Waals surface area contributed by atoms with Crippen molar-refractivity contribution in [3.05, 3.63) is 60.2 Å². The highest BCUT2D eigenvalue weighted by Crippen LogP contribution is 2.28. The monoisotopic (exact) mass is 410 g/mol. The molecule has 162 valence electrons. The van der Waals surface area contributed by atoms with E-state index in [1.165, 1.54) is 0 Å². The van der Waals surface area contributed by atoms with E-state index in [1.807, 2.05) is 77.1 Å².